The number of hydrogen-bond acceptors (Lipinski definition) is 2. The second-order valence-electron chi connectivity index (χ2n) is 4.80. The molecule has 1 aliphatic heterocycles. The minimum atomic E-state index is -0.251. The molecular formula is C12H19NO2. The third-order valence-corrected chi connectivity index (χ3v) is 2.20. The van der Waals surface area contributed by atoms with Crippen molar-refractivity contribution in [3.05, 3.63) is 24.8 Å². The first-order valence-electron chi connectivity index (χ1n) is 5.18. The van der Waals surface area contributed by atoms with E-state index < -0.39 is 0 Å². The molecule has 0 N–H and O–H groups in total. The fraction of sp³-hybridized carbons (Fsp3) is 0.583. The predicted octanol–water partition coefficient (Wildman–Crippen LogP) is 2.60. The first-order chi connectivity index (χ1) is 6.94. The molecule has 3 heteroatoms. The Morgan fingerprint density at radius 2 is 2.27 bits per heavy atom. The summed E-state index contributed by atoms with van der Waals surface area (Å²) in [7, 11) is 0. The Morgan fingerprint density at radius 3 is 2.80 bits per heavy atom. The minimum Gasteiger partial charge on any atom is -0.447 e. The van der Waals surface area contributed by atoms with Crippen LogP contribution in [0.3, 0.4) is 0 Å². The van der Waals surface area contributed by atoms with Gasteiger partial charge in [-0.05, 0) is 5.41 Å². The zero-order valence-corrected chi connectivity index (χ0v) is 9.69. The summed E-state index contributed by atoms with van der Waals surface area (Å²) in [6, 6.07) is 0.0159. The topological polar surface area (TPSA) is 29.5 Å². The molecule has 1 rings (SSSR count). The average Bonchev–Trinajstić information content (AvgIpc) is 2.46. The molecule has 0 saturated carbocycles. The van der Waals surface area contributed by atoms with Crippen LogP contribution in [0.15, 0.2) is 24.8 Å². The molecule has 84 valence electrons. The highest BCUT2D eigenvalue weighted by Crippen LogP contribution is 2.16. The van der Waals surface area contributed by atoms with Crippen LogP contribution >= 0.6 is 0 Å². The van der Waals surface area contributed by atoms with Crippen LogP contribution < -0.4 is 0 Å². The normalized spacial score (nSPS) is 22.2. The van der Waals surface area contributed by atoms with Crippen molar-refractivity contribution in [3.63, 3.8) is 0 Å². The van der Waals surface area contributed by atoms with E-state index in [-0.39, 0.29) is 17.6 Å². The van der Waals surface area contributed by atoms with Gasteiger partial charge in [0.15, 0.2) is 0 Å². The van der Waals surface area contributed by atoms with Gasteiger partial charge >= 0.3 is 6.09 Å². The third kappa shape index (κ3) is 3.42. The van der Waals surface area contributed by atoms with E-state index in [1.54, 1.807) is 11.0 Å². The van der Waals surface area contributed by atoms with Crippen molar-refractivity contribution in [2.24, 2.45) is 5.41 Å². The number of carbonyl (C=O) groups excluding carboxylic acids is 1. The maximum Gasteiger partial charge on any atom is 0.410 e. The highest BCUT2D eigenvalue weighted by atomic mass is 16.6. The Bertz CT molecular complexity index is 276. The summed E-state index contributed by atoms with van der Waals surface area (Å²) in [5.41, 5.74) is 0.146. The maximum atomic E-state index is 11.3. The molecule has 0 aliphatic carbocycles. The quantitative estimate of drug-likeness (QED) is 0.669. The van der Waals surface area contributed by atoms with Gasteiger partial charge in [-0.3, -0.25) is 4.90 Å². The van der Waals surface area contributed by atoms with Crippen molar-refractivity contribution in [1.82, 2.24) is 4.90 Å². The first kappa shape index (κ1) is 11.8. The molecule has 0 radical (unpaired) electrons. The average molecular weight is 209 g/mol. The molecular weight excluding hydrogens is 190 g/mol. The van der Waals surface area contributed by atoms with Crippen LogP contribution in [-0.4, -0.2) is 30.2 Å². The van der Waals surface area contributed by atoms with E-state index in [1.165, 1.54) is 0 Å². The number of amides is 1. The summed E-state index contributed by atoms with van der Waals surface area (Å²) in [6.45, 7) is 11.1. The molecule has 0 bridgehead atoms. The summed E-state index contributed by atoms with van der Waals surface area (Å²) < 4.78 is 4.93. The van der Waals surface area contributed by atoms with E-state index in [0.717, 1.165) is 0 Å². The summed E-state index contributed by atoms with van der Waals surface area (Å²) in [5.74, 6) is 0. The second kappa shape index (κ2) is 4.51. The Labute approximate surface area is 91.4 Å². The summed E-state index contributed by atoms with van der Waals surface area (Å²) in [6.07, 6.45) is 5.59. The molecule has 0 aromatic rings. The van der Waals surface area contributed by atoms with Gasteiger partial charge in [-0.15, -0.1) is 6.58 Å². The van der Waals surface area contributed by atoms with E-state index in [0.29, 0.717) is 13.2 Å². The second-order valence-corrected chi connectivity index (χ2v) is 4.80. The van der Waals surface area contributed by atoms with E-state index in [2.05, 4.69) is 33.4 Å². The number of hydrogen-bond donors (Lipinski definition) is 0. The highest BCUT2D eigenvalue weighted by Gasteiger charge is 2.29. The number of nitrogens with zero attached hydrogens (tertiary/aromatic N) is 1. The lowest BCUT2D eigenvalue weighted by Gasteiger charge is -2.17. The summed E-state index contributed by atoms with van der Waals surface area (Å²) in [5, 5.41) is 0. The van der Waals surface area contributed by atoms with Crippen LogP contribution in [0.5, 0.6) is 0 Å². The Hall–Kier alpha value is -1.25. The van der Waals surface area contributed by atoms with Crippen molar-refractivity contribution >= 4 is 6.09 Å². The molecule has 1 amide bonds. The van der Waals surface area contributed by atoms with Crippen LogP contribution in [0.25, 0.3) is 0 Å². The van der Waals surface area contributed by atoms with E-state index in [1.807, 2.05) is 6.08 Å². The largest absolute Gasteiger partial charge is 0.447 e. The van der Waals surface area contributed by atoms with Gasteiger partial charge in [0.2, 0.25) is 0 Å². The standard InChI is InChI=1S/C12H19NO2/c1-5-10-9-15-11(14)13(10)8-6-7-12(2,3)4/h5-7,10H,1,8-9H2,2-4H3/b7-6+. The maximum absolute atomic E-state index is 11.3. The molecule has 0 aromatic heterocycles. The van der Waals surface area contributed by atoms with Gasteiger partial charge in [0.1, 0.15) is 6.61 Å². The van der Waals surface area contributed by atoms with E-state index >= 15 is 0 Å². The van der Waals surface area contributed by atoms with Crippen molar-refractivity contribution in [2.45, 2.75) is 26.8 Å². The Morgan fingerprint density at radius 1 is 1.60 bits per heavy atom. The Kier molecular flexibility index (Phi) is 3.56. The van der Waals surface area contributed by atoms with Crippen LogP contribution in [-0.2, 0) is 4.74 Å². The van der Waals surface area contributed by atoms with Crippen molar-refractivity contribution in [1.29, 1.82) is 0 Å². The third-order valence-electron chi connectivity index (χ3n) is 2.20. The Balaban J connectivity index is 2.53. The molecule has 0 aromatic carbocycles. The van der Waals surface area contributed by atoms with Crippen LogP contribution in [0, 0.1) is 5.41 Å². The van der Waals surface area contributed by atoms with Gasteiger partial charge in [-0.2, -0.15) is 0 Å². The van der Waals surface area contributed by atoms with Crippen molar-refractivity contribution in [3.8, 4) is 0 Å². The van der Waals surface area contributed by atoms with Crippen LogP contribution in [0.2, 0.25) is 0 Å². The van der Waals surface area contributed by atoms with Gasteiger partial charge < -0.3 is 4.74 Å². The molecule has 1 unspecified atom stereocenters. The smallest absolute Gasteiger partial charge is 0.410 e. The lowest BCUT2D eigenvalue weighted by atomic mass is 9.96. The molecule has 1 fully saturated rings. The van der Waals surface area contributed by atoms with Gasteiger partial charge in [0.25, 0.3) is 0 Å². The summed E-state index contributed by atoms with van der Waals surface area (Å²) >= 11 is 0. The van der Waals surface area contributed by atoms with Crippen molar-refractivity contribution in [2.75, 3.05) is 13.2 Å². The first-order valence-corrected chi connectivity index (χ1v) is 5.18. The molecule has 3 nitrogen and oxygen atoms in total. The zero-order valence-electron chi connectivity index (χ0n) is 9.69. The lowest BCUT2D eigenvalue weighted by Crippen LogP contribution is -2.32. The fourth-order valence-corrected chi connectivity index (χ4v) is 1.39. The van der Waals surface area contributed by atoms with Gasteiger partial charge in [0, 0.05) is 6.54 Å². The monoisotopic (exact) mass is 209 g/mol. The molecule has 1 atom stereocenters. The van der Waals surface area contributed by atoms with Crippen molar-refractivity contribution < 1.29 is 9.53 Å². The molecule has 1 heterocycles. The van der Waals surface area contributed by atoms with Gasteiger partial charge in [-0.1, -0.05) is 39.0 Å². The number of rotatable bonds is 3. The number of allylic oxidation sites excluding steroid dienone is 1. The predicted molar refractivity (Wildman–Crippen MR) is 60.6 cm³/mol. The summed E-state index contributed by atoms with van der Waals surface area (Å²) in [4.78, 5) is 13.0. The van der Waals surface area contributed by atoms with E-state index in [4.69, 9.17) is 4.74 Å². The molecule has 15 heavy (non-hydrogen) atoms. The fourth-order valence-electron chi connectivity index (χ4n) is 1.39. The molecule has 1 saturated heterocycles. The van der Waals surface area contributed by atoms with E-state index in [9.17, 15) is 4.79 Å². The minimum absolute atomic E-state index is 0.0159. The van der Waals surface area contributed by atoms with Gasteiger partial charge in [0.05, 0.1) is 6.04 Å². The SMILES string of the molecule is C=CC1COC(=O)N1C/C=C/C(C)(C)C. The number of ether oxygens (including phenoxy) is 1. The lowest BCUT2D eigenvalue weighted by molar-refractivity contribution is 0.160. The molecule has 1 aliphatic rings. The number of carbonyl (C=O) groups is 1. The van der Waals surface area contributed by atoms with Crippen LogP contribution in [0.4, 0.5) is 4.79 Å². The molecule has 0 spiro atoms. The van der Waals surface area contributed by atoms with Crippen LogP contribution in [0.1, 0.15) is 20.8 Å². The number of cyclic esters (lactones) is 1. The van der Waals surface area contributed by atoms with Gasteiger partial charge in [-0.25, -0.2) is 4.79 Å². The highest BCUT2D eigenvalue weighted by molar-refractivity contribution is 5.70. The zero-order chi connectivity index (χ0) is 11.5.